The highest BCUT2D eigenvalue weighted by molar-refractivity contribution is 7.09. The van der Waals surface area contributed by atoms with Crippen molar-refractivity contribution >= 4 is 22.9 Å². The molecule has 2 rings (SSSR count). The molecule has 0 aliphatic carbocycles. The Morgan fingerprint density at radius 1 is 1.79 bits per heavy atom. The summed E-state index contributed by atoms with van der Waals surface area (Å²) in [5.41, 5.74) is 0.111. The van der Waals surface area contributed by atoms with Crippen LogP contribution in [0.15, 0.2) is 11.6 Å². The number of alkyl halides is 1. The average Bonchev–Trinajstić information content (AvgIpc) is 2.79. The third kappa shape index (κ3) is 1.81. The lowest BCUT2D eigenvalue weighted by Gasteiger charge is -2.28. The molecule has 0 amide bonds. The van der Waals surface area contributed by atoms with E-state index in [0.29, 0.717) is 5.88 Å². The van der Waals surface area contributed by atoms with Gasteiger partial charge < -0.3 is 4.74 Å². The van der Waals surface area contributed by atoms with Crippen LogP contribution in [-0.2, 0) is 11.2 Å². The van der Waals surface area contributed by atoms with Crippen molar-refractivity contribution in [2.75, 3.05) is 12.5 Å². The zero-order valence-corrected chi connectivity index (χ0v) is 9.77. The molecule has 2 nitrogen and oxygen atoms in total. The predicted octanol–water partition coefficient (Wildman–Crippen LogP) is 2.72. The third-order valence-electron chi connectivity index (χ3n) is 3.08. The van der Waals surface area contributed by atoms with E-state index in [0.717, 1.165) is 19.4 Å². The van der Waals surface area contributed by atoms with E-state index in [1.165, 1.54) is 5.01 Å². The molecule has 14 heavy (non-hydrogen) atoms. The van der Waals surface area contributed by atoms with Crippen LogP contribution in [-0.4, -0.2) is 23.6 Å². The predicted molar refractivity (Wildman–Crippen MR) is 59.0 cm³/mol. The normalized spacial score (nSPS) is 32.3. The Bertz CT molecular complexity index is 290. The second kappa shape index (κ2) is 4.17. The summed E-state index contributed by atoms with van der Waals surface area (Å²) in [7, 11) is 0. The lowest BCUT2D eigenvalue weighted by molar-refractivity contribution is 0.0735. The fraction of sp³-hybridized carbons (Fsp3) is 0.700. The van der Waals surface area contributed by atoms with Crippen molar-refractivity contribution in [1.82, 2.24) is 4.98 Å². The van der Waals surface area contributed by atoms with Gasteiger partial charge in [-0.15, -0.1) is 22.9 Å². The molecule has 1 saturated heterocycles. The molecule has 1 fully saturated rings. The Labute approximate surface area is 93.3 Å². The van der Waals surface area contributed by atoms with E-state index in [9.17, 15) is 0 Å². The van der Waals surface area contributed by atoms with Crippen molar-refractivity contribution in [2.24, 2.45) is 5.41 Å². The Balaban J connectivity index is 2.13. The largest absolute Gasteiger partial charge is 0.378 e. The SMILES string of the molecule is CC1OCCC1(CCl)Cc1nccs1. The molecular formula is C10H14ClNOS. The summed E-state index contributed by atoms with van der Waals surface area (Å²) >= 11 is 7.77. The van der Waals surface area contributed by atoms with Crippen molar-refractivity contribution in [3.05, 3.63) is 16.6 Å². The van der Waals surface area contributed by atoms with Gasteiger partial charge in [0.25, 0.3) is 0 Å². The summed E-state index contributed by atoms with van der Waals surface area (Å²) in [4.78, 5) is 4.31. The molecular weight excluding hydrogens is 218 g/mol. The van der Waals surface area contributed by atoms with Crippen LogP contribution in [0.25, 0.3) is 0 Å². The van der Waals surface area contributed by atoms with Crippen LogP contribution >= 0.6 is 22.9 Å². The van der Waals surface area contributed by atoms with Gasteiger partial charge in [0.1, 0.15) is 0 Å². The summed E-state index contributed by atoms with van der Waals surface area (Å²) < 4.78 is 5.60. The molecule has 0 aromatic carbocycles. The highest BCUT2D eigenvalue weighted by Gasteiger charge is 2.41. The Morgan fingerprint density at radius 2 is 2.64 bits per heavy atom. The number of hydrogen-bond acceptors (Lipinski definition) is 3. The molecule has 1 aliphatic heterocycles. The van der Waals surface area contributed by atoms with Gasteiger partial charge in [-0.1, -0.05) is 0 Å². The number of hydrogen-bond donors (Lipinski definition) is 0. The molecule has 0 bridgehead atoms. The number of halogens is 1. The second-order valence-electron chi connectivity index (χ2n) is 3.86. The summed E-state index contributed by atoms with van der Waals surface area (Å²) in [5, 5.41) is 3.18. The first kappa shape index (κ1) is 10.4. The highest BCUT2D eigenvalue weighted by Crippen LogP contribution is 2.39. The van der Waals surface area contributed by atoms with Gasteiger partial charge in [-0.25, -0.2) is 4.98 Å². The first-order valence-electron chi connectivity index (χ1n) is 4.83. The molecule has 0 N–H and O–H groups in total. The Morgan fingerprint density at radius 3 is 3.14 bits per heavy atom. The maximum Gasteiger partial charge on any atom is 0.0931 e. The molecule has 0 radical (unpaired) electrons. The number of thiazole rings is 1. The second-order valence-corrected chi connectivity index (χ2v) is 5.11. The summed E-state index contributed by atoms with van der Waals surface area (Å²) in [6, 6.07) is 0. The molecule has 4 heteroatoms. The van der Waals surface area contributed by atoms with Crippen LogP contribution in [0.4, 0.5) is 0 Å². The minimum absolute atomic E-state index is 0.111. The van der Waals surface area contributed by atoms with E-state index in [2.05, 4.69) is 11.9 Å². The average molecular weight is 232 g/mol. The van der Waals surface area contributed by atoms with Crippen molar-refractivity contribution in [3.8, 4) is 0 Å². The molecule has 0 saturated carbocycles. The van der Waals surface area contributed by atoms with E-state index < -0.39 is 0 Å². The van der Waals surface area contributed by atoms with Gasteiger partial charge in [-0.3, -0.25) is 0 Å². The van der Waals surface area contributed by atoms with Gasteiger partial charge >= 0.3 is 0 Å². The third-order valence-corrected chi connectivity index (χ3v) is 4.39. The minimum atomic E-state index is 0.111. The van der Waals surface area contributed by atoms with Crippen LogP contribution in [0.3, 0.4) is 0 Å². The Kier molecular flexibility index (Phi) is 3.10. The van der Waals surface area contributed by atoms with E-state index in [4.69, 9.17) is 16.3 Å². The Hall–Kier alpha value is -0.120. The zero-order chi connectivity index (χ0) is 10.0. The zero-order valence-electron chi connectivity index (χ0n) is 8.20. The van der Waals surface area contributed by atoms with Crippen LogP contribution < -0.4 is 0 Å². The number of aromatic nitrogens is 1. The summed E-state index contributed by atoms with van der Waals surface area (Å²) in [5.74, 6) is 0.660. The molecule has 1 aromatic rings. The smallest absolute Gasteiger partial charge is 0.0931 e. The van der Waals surface area contributed by atoms with Crippen LogP contribution in [0.1, 0.15) is 18.4 Å². The van der Waals surface area contributed by atoms with Crippen molar-refractivity contribution < 1.29 is 4.74 Å². The lowest BCUT2D eigenvalue weighted by atomic mass is 9.81. The van der Waals surface area contributed by atoms with E-state index in [-0.39, 0.29) is 11.5 Å². The maximum absolute atomic E-state index is 6.07. The molecule has 2 heterocycles. The first-order valence-corrected chi connectivity index (χ1v) is 6.24. The van der Waals surface area contributed by atoms with Crippen LogP contribution in [0.2, 0.25) is 0 Å². The fourth-order valence-corrected chi connectivity index (χ4v) is 3.13. The summed E-state index contributed by atoms with van der Waals surface area (Å²) in [6.07, 6.45) is 4.11. The van der Waals surface area contributed by atoms with E-state index >= 15 is 0 Å². The van der Waals surface area contributed by atoms with Crippen molar-refractivity contribution in [3.63, 3.8) is 0 Å². The quantitative estimate of drug-likeness (QED) is 0.747. The van der Waals surface area contributed by atoms with Gasteiger partial charge in [-0.2, -0.15) is 0 Å². The van der Waals surface area contributed by atoms with Gasteiger partial charge in [0, 0.05) is 35.9 Å². The van der Waals surface area contributed by atoms with Crippen molar-refractivity contribution in [1.29, 1.82) is 0 Å². The molecule has 78 valence electrons. The van der Waals surface area contributed by atoms with Gasteiger partial charge in [-0.05, 0) is 13.3 Å². The van der Waals surface area contributed by atoms with Crippen LogP contribution in [0.5, 0.6) is 0 Å². The fourth-order valence-electron chi connectivity index (χ4n) is 1.92. The van der Waals surface area contributed by atoms with Crippen LogP contribution in [0, 0.1) is 5.41 Å². The van der Waals surface area contributed by atoms with Gasteiger partial charge in [0.2, 0.25) is 0 Å². The van der Waals surface area contributed by atoms with Crippen molar-refractivity contribution in [2.45, 2.75) is 25.9 Å². The highest BCUT2D eigenvalue weighted by atomic mass is 35.5. The first-order chi connectivity index (χ1) is 6.77. The van der Waals surface area contributed by atoms with Gasteiger partial charge in [0.05, 0.1) is 11.1 Å². The molecule has 1 aliphatic rings. The number of rotatable bonds is 3. The molecule has 2 atom stereocenters. The number of ether oxygens (including phenoxy) is 1. The van der Waals surface area contributed by atoms with E-state index in [1.54, 1.807) is 11.3 Å². The molecule has 1 aromatic heterocycles. The summed E-state index contributed by atoms with van der Waals surface area (Å²) in [6.45, 7) is 2.95. The monoisotopic (exact) mass is 231 g/mol. The lowest BCUT2D eigenvalue weighted by Crippen LogP contribution is -2.33. The van der Waals surface area contributed by atoms with E-state index in [1.807, 2.05) is 11.6 Å². The standard InChI is InChI=1S/C10H14ClNOS/c1-8-10(7-11,2-4-13-8)6-9-12-3-5-14-9/h3,5,8H,2,4,6-7H2,1H3. The maximum atomic E-state index is 6.07. The number of nitrogens with zero attached hydrogens (tertiary/aromatic N) is 1. The minimum Gasteiger partial charge on any atom is -0.378 e. The molecule has 2 unspecified atom stereocenters. The van der Waals surface area contributed by atoms with Gasteiger partial charge in [0.15, 0.2) is 0 Å². The topological polar surface area (TPSA) is 22.1 Å². The molecule has 0 spiro atoms.